The molecule has 0 saturated carbocycles. The van der Waals surface area contributed by atoms with Crippen molar-refractivity contribution in [1.82, 2.24) is 9.55 Å². The van der Waals surface area contributed by atoms with Gasteiger partial charge in [0.2, 0.25) is 5.91 Å². The number of carbonyl (C=O) groups is 1. The van der Waals surface area contributed by atoms with E-state index in [4.69, 9.17) is 0 Å². The van der Waals surface area contributed by atoms with Crippen LogP contribution in [0.2, 0.25) is 0 Å². The Bertz CT molecular complexity index is 1070. The smallest absolute Gasteiger partial charge is 0.261 e. The molecule has 0 radical (unpaired) electrons. The van der Waals surface area contributed by atoms with Crippen LogP contribution in [0.15, 0.2) is 51.7 Å². The number of halogens is 1. The minimum atomic E-state index is -0.336. The van der Waals surface area contributed by atoms with Crippen LogP contribution in [-0.4, -0.2) is 22.5 Å². The topological polar surface area (TPSA) is 55.2 Å². The minimum Gasteiger partial charge on any atom is -0.315 e. The summed E-state index contributed by atoms with van der Waals surface area (Å²) in [7, 11) is 3.49. The number of rotatable bonds is 2. The molecule has 1 aliphatic rings. The molecule has 1 aliphatic heterocycles. The van der Waals surface area contributed by atoms with Crippen LogP contribution in [0.3, 0.4) is 0 Å². The van der Waals surface area contributed by atoms with Gasteiger partial charge < -0.3 is 4.90 Å². The quantitative estimate of drug-likeness (QED) is 0.667. The molecule has 0 unspecified atom stereocenters. The number of hydrogen-bond donors (Lipinski definition) is 0. The highest BCUT2D eigenvalue weighted by Crippen LogP contribution is 2.39. The average molecular weight is 398 g/mol. The molecule has 1 atom stereocenters. The minimum absolute atomic E-state index is 0.0236. The van der Waals surface area contributed by atoms with Crippen molar-refractivity contribution >= 4 is 38.4 Å². The monoisotopic (exact) mass is 397 g/mol. The van der Waals surface area contributed by atoms with Crippen LogP contribution in [0.1, 0.15) is 17.3 Å². The Labute approximate surface area is 153 Å². The molecule has 126 valence electrons. The zero-order valence-electron chi connectivity index (χ0n) is 13.9. The number of nitrogens with zero attached hydrogens (tertiary/aromatic N) is 3. The second-order valence-electron chi connectivity index (χ2n) is 6.27. The van der Waals surface area contributed by atoms with E-state index in [9.17, 15) is 9.59 Å². The van der Waals surface area contributed by atoms with E-state index >= 15 is 0 Å². The third kappa shape index (κ3) is 2.48. The SMILES string of the molecule is CN1C(=O)[C@H](Cc2nc3ccccc3c(=O)n2C)c2cc(Br)ccc21. The predicted molar refractivity (Wildman–Crippen MR) is 101 cm³/mol. The Morgan fingerprint density at radius 3 is 2.68 bits per heavy atom. The Morgan fingerprint density at radius 2 is 1.88 bits per heavy atom. The van der Waals surface area contributed by atoms with Crippen LogP contribution in [0.5, 0.6) is 0 Å². The number of fused-ring (bicyclic) bond motifs is 2. The fourth-order valence-electron chi connectivity index (χ4n) is 3.42. The molecule has 0 spiro atoms. The molecular formula is C19H16BrN3O2. The van der Waals surface area contributed by atoms with Crippen LogP contribution in [0.25, 0.3) is 10.9 Å². The van der Waals surface area contributed by atoms with Crippen LogP contribution >= 0.6 is 15.9 Å². The fourth-order valence-corrected chi connectivity index (χ4v) is 3.80. The summed E-state index contributed by atoms with van der Waals surface area (Å²) in [5.74, 6) is 0.301. The van der Waals surface area contributed by atoms with E-state index in [-0.39, 0.29) is 17.4 Å². The number of anilines is 1. The largest absolute Gasteiger partial charge is 0.315 e. The van der Waals surface area contributed by atoms with E-state index in [1.807, 2.05) is 36.4 Å². The van der Waals surface area contributed by atoms with Crippen LogP contribution in [-0.2, 0) is 18.3 Å². The lowest BCUT2D eigenvalue weighted by Crippen LogP contribution is -2.28. The van der Waals surface area contributed by atoms with Crippen molar-refractivity contribution in [3.05, 3.63) is 68.7 Å². The average Bonchev–Trinajstić information content (AvgIpc) is 2.84. The van der Waals surface area contributed by atoms with E-state index in [0.29, 0.717) is 23.1 Å². The molecule has 0 fully saturated rings. The second kappa shape index (κ2) is 5.81. The molecule has 1 amide bonds. The lowest BCUT2D eigenvalue weighted by molar-refractivity contribution is -0.119. The number of aromatic nitrogens is 2. The third-order valence-corrected chi connectivity index (χ3v) is 5.31. The fraction of sp³-hybridized carbons (Fsp3) is 0.211. The first-order valence-corrected chi connectivity index (χ1v) is 8.78. The van der Waals surface area contributed by atoms with Crippen molar-refractivity contribution in [2.24, 2.45) is 7.05 Å². The van der Waals surface area contributed by atoms with E-state index in [0.717, 1.165) is 15.7 Å². The van der Waals surface area contributed by atoms with Gasteiger partial charge in [0.15, 0.2) is 0 Å². The zero-order chi connectivity index (χ0) is 17.7. The standard InChI is InChI=1S/C19H16BrN3O2/c1-22-16-8-7-11(20)9-13(16)14(19(22)25)10-17-21-15-6-4-3-5-12(15)18(24)23(17)2/h3-9,14H,10H2,1-2H3/t14-/m1/s1. The highest BCUT2D eigenvalue weighted by molar-refractivity contribution is 9.10. The number of carbonyl (C=O) groups excluding carboxylic acids is 1. The van der Waals surface area contributed by atoms with E-state index in [1.165, 1.54) is 0 Å². The molecule has 0 bridgehead atoms. The van der Waals surface area contributed by atoms with E-state index in [1.54, 1.807) is 29.6 Å². The summed E-state index contributed by atoms with van der Waals surface area (Å²) in [6, 6.07) is 13.1. The van der Waals surface area contributed by atoms with Gasteiger partial charge in [-0.15, -0.1) is 0 Å². The molecule has 2 heterocycles. The molecule has 2 aromatic carbocycles. The predicted octanol–water partition coefficient (Wildman–Crippen LogP) is 3.00. The first-order chi connectivity index (χ1) is 12.0. The molecule has 1 aromatic heterocycles. The summed E-state index contributed by atoms with van der Waals surface area (Å²) >= 11 is 3.48. The molecule has 25 heavy (non-hydrogen) atoms. The summed E-state index contributed by atoms with van der Waals surface area (Å²) in [5, 5.41) is 0.590. The Hall–Kier alpha value is -2.47. The van der Waals surface area contributed by atoms with Crippen LogP contribution in [0, 0.1) is 0 Å². The van der Waals surface area contributed by atoms with Crippen molar-refractivity contribution in [3.8, 4) is 0 Å². The first-order valence-electron chi connectivity index (χ1n) is 7.99. The highest BCUT2D eigenvalue weighted by Gasteiger charge is 2.36. The maximum atomic E-state index is 12.7. The summed E-state index contributed by atoms with van der Waals surface area (Å²) in [5.41, 5.74) is 2.44. The number of benzene rings is 2. The van der Waals surface area contributed by atoms with E-state index in [2.05, 4.69) is 20.9 Å². The summed E-state index contributed by atoms with van der Waals surface area (Å²) in [6.07, 6.45) is 0.392. The molecule has 0 N–H and O–H groups in total. The number of hydrogen-bond acceptors (Lipinski definition) is 3. The molecule has 0 aliphatic carbocycles. The Kier molecular flexibility index (Phi) is 3.72. The molecule has 0 saturated heterocycles. The lowest BCUT2D eigenvalue weighted by atomic mass is 9.96. The second-order valence-corrected chi connectivity index (χ2v) is 7.18. The van der Waals surface area contributed by atoms with Crippen LogP contribution in [0.4, 0.5) is 5.69 Å². The number of para-hydroxylation sites is 1. The summed E-state index contributed by atoms with van der Waals surface area (Å²) in [4.78, 5) is 31.6. The maximum Gasteiger partial charge on any atom is 0.261 e. The van der Waals surface area contributed by atoms with Gasteiger partial charge in [0.05, 0.1) is 16.8 Å². The zero-order valence-corrected chi connectivity index (χ0v) is 15.4. The van der Waals surface area contributed by atoms with Gasteiger partial charge in [-0.05, 0) is 35.9 Å². The van der Waals surface area contributed by atoms with Crippen molar-refractivity contribution in [2.75, 3.05) is 11.9 Å². The number of likely N-dealkylation sites (N-methyl/N-ethyl adjacent to an activating group) is 1. The number of amides is 1. The van der Waals surface area contributed by atoms with Gasteiger partial charge >= 0.3 is 0 Å². The van der Waals surface area contributed by atoms with Gasteiger partial charge in [-0.25, -0.2) is 4.98 Å². The Morgan fingerprint density at radius 1 is 1.12 bits per heavy atom. The van der Waals surface area contributed by atoms with Crippen molar-refractivity contribution in [3.63, 3.8) is 0 Å². The molecule has 4 rings (SSSR count). The van der Waals surface area contributed by atoms with E-state index < -0.39 is 0 Å². The lowest BCUT2D eigenvalue weighted by Gasteiger charge is -2.14. The highest BCUT2D eigenvalue weighted by atomic mass is 79.9. The van der Waals surface area contributed by atoms with Gasteiger partial charge in [-0.1, -0.05) is 28.1 Å². The molecule has 5 nitrogen and oxygen atoms in total. The van der Waals surface area contributed by atoms with Crippen LogP contribution < -0.4 is 10.5 Å². The van der Waals surface area contributed by atoms with Gasteiger partial charge in [0, 0.05) is 30.7 Å². The van der Waals surface area contributed by atoms with Gasteiger partial charge in [0.25, 0.3) is 5.56 Å². The summed E-state index contributed by atoms with van der Waals surface area (Å²) < 4.78 is 2.48. The van der Waals surface area contributed by atoms with Crippen molar-refractivity contribution < 1.29 is 4.79 Å². The molecule has 3 aromatic rings. The Balaban J connectivity index is 1.83. The molecule has 6 heteroatoms. The molecular weight excluding hydrogens is 382 g/mol. The van der Waals surface area contributed by atoms with Crippen molar-refractivity contribution in [1.29, 1.82) is 0 Å². The summed E-state index contributed by atoms with van der Waals surface area (Å²) in [6.45, 7) is 0. The normalized spacial score (nSPS) is 16.5. The third-order valence-electron chi connectivity index (χ3n) is 4.82. The van der Waals surface area contributed by atoms with Gasteiger partial charge in [0.1, 0.15) is 5.82 Å². The van der Waals surface area contributed by atoms with Crippen molar-refractivity contribution in [2.45, 2.75) is 12.3 Å². The van der Waals surface area contributed by atoms with Gasteiger partial charge in [-0.2, -0.15) is 0 Å². The maximum absolute atomic E-state index is 12.7. The first kappa shape index (κ1) is 16.0. The van der Waals surface area contributed by atoms with Gasteiger partial charge in [-0.3, -0.25) is 14.2 Å².